The molecule has 0 unspecified atom stereocenters. The number of methoxy groups -OCH3 is 1. The molecule has 3 heterocycles. The van der Waals surface area contributed by atoms with Crippen molar-refractivity contribution in [2.45, 2.75) is 32.6 Å². The predicted octanol–water partition coefficient (Wildman–Crippen LogP) is 2.50. The number of carbonyl (C=O) groups excluding carboxylic acids is 1. The molecule has 0 saturated carbocycles. The van der Waals surface area contributed by atoms with E-state index in [9.17, 15) is 4.79 Å². The van der Waals surface area contributed by atoms with Crippen LogP contribution < -0.4 is 15.0 Å². The van der Waals surface area contributed by atoms with Crippen molar-refractivity contribution in [3.05, 3.63) is 24.3 Å². The van der Waals surface area contributed by atoms with Crippen LogP contribution in [0.1, 0.15) is 32.6 Å². The van der Waals surface area contributed by atoms with Gasteiger partial charge in [-0.25, -0.2) is 0 Å². The van der Waals surface area contributed by atoms with Crippen LogP contribution in [0.25, 0.3) is 11.4 Å². The van der Waals surface area contributed by atoms with Crippen molar-refractivity contribution in [2.75, 3.05) is 70.9 Å². The van der Waals surface area contributed by atoms with Gasteiger partial charge in [-0.05, 0) is 63.0 Å². The zero-order valence-electron chi connectivity index (χ0n) is 20.5. The fraction of sp³-hybridized carbons (Fsp3) is 0.640. The number of piperazine rings is 1. The van der Waals surface area contributed by atoms with Gasteiger partial charge in [-0.2, -0.15) is 4.98 Å². The van der Waals surface area contributed by atoms with Crippen LogP contribution in [0.5, 0.6) is 5.75 Å². The lowest BCUT2D eigenvalue weighted by Crippen LogP contribution is -2.47. The van der Waals surface area contributed by atoms with Crippen molar-refractivity contribution in [3.8, 4) is 17.1 Å². The zero-order chi connectivity index (χ0) is 23.8. The first kappa shape index (κ1) is 24.5. The van der Waals surface area contributed by atoms with Crippen molar-refractivity contribution in [3.63, 3.8) is 0 Å². The molecule has 0 aliphatic carbocycles. The molecule has 0 radical (unpaired) electrons. The van der Waals surface area contributed by atoms with Crippen LogP contribution in [0, 0.1) is 5.92 Å². The SMILES string of the molecule is CCCN1CCN(CCCNC(=O)[C@@H]2CCCN(c3nc(-c4ccc(OC)cc4)no3)C2)CC1. The molecule has 186 valence electrons. The van der Waals surface area contributed by atoms with E-state index in [2.05, 4.69) is 32.2 Å². The topological polar surface area (TPSA) is 87.0 Å². The third kappa shape index (κ3) is 6.48. The highest BCUT2D eigenvalue weighted by atomic mass is 16.5. The molecule has 2 saturated heterocycles. The summed E-state index contributed by atoms with van der Waals surface area (Å²) >= 11 is 0. The van der Waals surface area contributed by atoms with E-state index in [1.165, 1.54) is 13.0 Å². The van der Waals surface area contributed by atoms with E-state index < -0.39 is 0 Å². The second-order valence-electron chi connectivity index (χ2n) is 9.24. The van der Waals surface area contributed by atoms with E-state index in [-0.39, 0.29) is 11.8 Å². The first-order valence-corrected chi connectivity index (χ1v) is 12.6. The van der Waals surface area contributed by atoms with Gasteiger partial charge >= 0.3 is 6.01 Å². The number of anilines is 1. The van der Waals surface area contributed by atoms with Crippen LogP contribution in [0.4, 0.5) is 6.01 Å². The van der Waals surface area contributed by atoms with Crippen LogP contribution >= 0.6 is 0 Å². The van der Waals surface area contributed by atoms with Crippen LogP contribution in [0.15, 0.2) is 28.8 Å². The number of benzene rings is 1. The first-order chi connectivity index (χ1) is 16.7. The molecule has 9 nitrogen and oxygen atoms in total. The molecule has 2 aliphatic heterocycles. The molecular weight excluding hydrogens is 432 g/mol. The van der Waals surface area contributed by atoms with Crippen molar-refractivity contribution in [1.82, 2.24) is 25.3 Å². The molecule has 1 aromatic heterocycles. The van der Waals surface area contributed by atoms with Gasteiger partial charge in [0, 0.05) is 51.4 Å². The largest absolute Gasteiger partial charge is 0.497 e. The summed E-state index contributed by atoms with van der Waals surface area (Å²) in [6.45, 7) is 11.2. The number of hydrogen-bond donors (Lipinski definition) is 1. The minimum Gasteiger partial charge on any atom is -0.497 e. The van der Waals surface area contributed by atoms with Gasteiger partial charge in [-0.1, -0.05) is 12.1 Å². The van der Waals surface area contributed by atoms with E-state index in [0.29, 0.717) is 18.4 Å². The lowest BCUT2D eigenvalue weighted by molar-refractivity contribution is -0.125. The van der Waals surface area contributed by atoms with Gasteiger partial charge in [0.1, 0.15) is 5.75 Å². The standard InChI is InChI=1S/C25H38N6O3/c1-3-12-29-15-17-30(18-16-29)13-5-11-26-24(32)21-6-4-14-31(19-21)25-27-23(28-34-25)20-7-9-22(33-2)10-8-20/h7-10,21H,3-6,11-19H2,1-2H3,(H,26,32)/t21-/m1/s1. The number of ether oxygens (including phenoxy) is 1. The maximum absolute atomic E-state index is 12.8. The zero-order valence-corrected chi connectivity index (χ0v) is 20.5. The third-order valence-corrected chi connectivity index (χ3v) is 6.78. The number of hydrogen-bond acceptors (Lipinski definition) is 8. The molecule has 1 atom stereocenters. The second kappa shape index (κ2) is 12.2. The summed E-state index contributed by atoms with van der Waals surface area (Å²) in [5, 5.41) is 7.28. The van der Waals surface area contributed by atoms with Gasteiger partial charge in [0.25, 0.3) is 0 Å². The Morgan fingerprint density at radius 1 is 1.12 bits per heavy atom. The van der Waals surface area contributed by atoms with Gasteiger partial charge in [-0.3, -0.25) is 4.79 Å². The number of rotatable bonds is 10. The summed E-state index contributed by atoms with van der Waals surface area (Å²) < 4.78 is 10.7. The third-order valence-electron chi connectivity index (χ3n) is 6.78. The number of amides is 1. The summed E-state index contributed by atoms with van der Waals surface area (Å²) in [5.41, 5.74) is 0.869. The number of aromatic nitrogens is 2. The quantitative estimate of drug-likeness (QED) is 0.530. The minimum atomic E-state index is -0.0531. The summed E-state index contributed by atoms with van der Waals surface area (Å²) in [6, 6.07) is 8.04. The average molecular weight is 471 g/mol. The van der Waals surface area contributed by atoms with Crippen molar-refractivity contribution < 1.29 is 14.1 Å². The monoisotopic (exact) mass is 470 g/mol. The predicted molar refractivity (Wildman–Crippen MR) is 132 cm³/mol. The smallest absolute Gasteiger partial charge is 0.324 e. The Bertz CT molecular complexity index is 894. The minimum absolute atomic E-state index is 0.0531. The van der Waals surface area contributed by atoms with Crippen LogP contribution in [0.3, 0.4) is 0 Å². The Morgan fingerprint density at radius 2 is 1.85 bits per heavy atom. The number of nitrogens with zero attached hydrogens (tertiary/aromatic N) is 5. The Kier molecular flexibility index (Phi) is 8.76. The normalized spacial score (nSPS) is 19.8. The fourth-order valence-electron chi connectivity index (χ4n) is 4.78. The van der Waals surface area contributed by atoms with E-state index >= 15 is 0 Å². The summed E-state index contributed by atoms with van der Waals surface area (Å²) in [4.78, 5) is 24.4. The second-order valence-corrected chi connectivity index (χ2v) is 9.24. The summed E-state index contributed by atoms with van der Waals surface area (Å²) in [6.07, 6.45) is 4.04. The number of piperidine rings is 1. The van der Waals surface area contributed by atoms with Gasteiger partial charge in [-0.15, -0.1) is 0 Å². The maximum Gasteiger partial charge on any atom is 0.324 e. The molecule has 2 aliphatic rings. The van der Waals surface area contributed by atoms with Gasteiger partial charge in [0.15, 0.2) is 0 Å². The van der Waals surface area contributed by atoms with Crippen molar-refractivity contribution in [1.29, 1.82) is 0 Å². The van der Waals surface area contributed by atoms with E-state index in [4.69, 9.17) is 9.26 Å². The Balaban J connectivity index is 1.20. The van der Waals surface area contributed by atoms with E-state index in [1.54, 1.807) is 7.11 Å². The van der Waals surface area contributed by atoms with Crippen LogP contribution in [-0.4, -0.2) is 91.9 Å². The average Bonchev–Trinajstić information content (AvgIpc) is 3.38. The molecular formula is C25H38N6O3. The highest BCUT2D eigenvalue weighted by Gasteiger charge is 2.28. The molecule has 4 rings (SSSR count). The van der Waals surface area contributed by atoms with E-state index in [1.807, 2.05) is 29.2 Å². The highest BCUT2D eigenvalue weighted by molar-refractivity contribution is 5.79. The fourth-order valence-corrected chi connectivity index (χ4v) is 4.78. The Hall–Kier alpha value is -2.65. The molecule has 34 heavy (non-hydrogen) atoms. The number of nitrogens with one attached hydrogen (secondary N) is 1. The molecule has 2 fully saturated rings. The van der Waals surface area contributed by atoms with Crippen molar-refractivity contribution in [2.24, 2.45) is 5.92 Å². The van der Waals surface area contributed by atoms with Gasteiger partial charge in [0.05, 0.1) is 13.0 Å². The molecule has 0 bridgehead atoms. The Labute approximate surface area is 202 Å². The summed E-state index contributed by atoms with van der Waals surface area (Å²) in [7, 11) is 1.64. The molecule has 0 spiro atoms. The van der Waals surface area contributed by atoms with Crippen LogP contribution in [0.2, 0.25) is 0 Å². The molecule has 2 aromatic rings. The molecule has 1 amide bonds. The van der Waals surface area contributed by atoms with Gasteiger partial charge < -0.3 is 29.3 Å². The van der Waals surface area contributed by atoms with Gasteiger partial charge in [0.2, 0.25) is 11.7 Å². The van der Waals surface area contributed by atoms with E-state index in [0.717, 1.165) is 76.4 Å². The van der Waals surface area contributed by atoms with Crippen LogP contribution in [-0.2, 0) is 4.79 Å². The van der Waals surface area contributed by atoms with Crippen molar-refractivity contribution >= 4 is 11.9 Å². The lowest BCUT2D eigenvalue weighted by atomic mass is 9.97. The summed E-state index contributed by atoms with van der Waals surface area (Å²) in [5.74, 6) is 1.40. The number of carbonyl (C=O) groups is 1. The Morgan fingerprint density at radius 3 is 2.56 bits per heavy atom. The molecule has 1 N–H and O–H groups in total. The lowest BCUT2D eigenvalue weighted by Gasteiger charge is -2.34. The molecule has 9 heteroatoms. The first-order valence-electron chi connectivity index (χ1n) is 12.6. The molecule has 1 aromatic carbocycles. The maximum atomic E-state index is 12.8. The highest BCUT2D eigenvalue weighted by Crippen LogP contribution is 2.26.